The Morgan fingerprint density at radius 3 is 3.00 bits per heavy atom. The minimum atomic E-state index is -0.833. The molecule has 0 bridgehead atoms. The Morgan fingerprint density at radius 1 is 1.33 bits per heavy atom. The van der Waals surface area contributed by atoms with E-state index in [1.165, 1.54) is 11.3 Å². The summed E-state index contributed by atoms with van der Waals surface area (Å²) in [5.41, 5.74) is 1.35. The number of rotatable bonds is 6. The summed E-state index contributed by atoms with van der Waals surface area (Å²) in [5.74, 6) is -0.830. The summed E-state index contributed by atoms with van der Waals surface area (Å²) >= 11 is 1.37. The molecule has 1 N–H and O–H groups in total. The average molecular weight is 345 g/mol. The first kappa shape index (κ1) is 16.6. The molecule has 0 saturated carbocycles. The lowest BCUT2D eigenvalue weighted by molar-refractivity contribution is -0.125. The number of unbranched alkanes of at least 4 members (excludes halogenated alkanes) is 2. The second-order valence-electron chi connectivity index (χ2n) is 5.70. The Morgan fingerprint density at radius 2 is 2.17 bits per heavy atom. The van der Waals surface area contributed by atoms with Gasteiger partial charge in [-0.15, -0.1) is 10.2 Å². The predicted molar refractivity (Wildman–Crippen MR) is 91.1 cm³/mol. The summed E-state index contributed by atoms with van der Waals surface area (Å²) in [6.07, 6.45) is 3.77. The van der Waals surface area contributed by atoms with E-state index >= 15 is 0 Å². The van der Waals surface area contributed by atoms with Gasteiger partial charge in [0, 0.05) is 12.8 Å². The maximum Gasteiger partial charge on any atom is 0.339 e. The van der Waals surface area contributed by atoms with Gasteiger partial charge in [0.1, 0.15) is 5.01 Å². The van der Waals surface area contributed by atoms with Gasteiger partial charge in [-0.3, -0.25) is 10.1 Å². The molecule has 0 saturated heterocycles. The minimum absolute atomic E-state index is 0.367. The van der Waals surface area contributed by atoms with Crippen LogP contribution in [0.25, 0.3) is 0 Å². The number of carbonyl (C=O) groups excluding carboxylic acids is 2. The number of aryl methyl sites for hydroxylation is 1. The van der Waals surface area contributed by atoms with Gasteiger partial charge in [0.05, 0.1) is 5.56 Å². The van der Waals surface area contributed by atoms with Crippen molar-refractivity contribution in [3.05, 3.63) is 40.4 Å². The van der Waals surface area contributed by atoms with Gasteiger partial charge in [0.25, 0.3) is 5.91 Å². The van der Waals surface area contributed by atoms with Crippen LogP contribution in [0, 0.1) is 0 Å². The molecule has 7 heteroatoms. The zero-order valence-corrected chi connectivity index (χ0v) is 14.3. The fourth-order valence-corrected chi connectivity index (χ4v) is 3.38. The van der Waals surface area contributed by atoms with E-state index in [4.69, 9.17) is 4.74 Å². The molecule has 1 aliphatic rings. The van der Waals surface area contributed by atoms with E-state index in [0.717, 1.165) is 36.3 Å². The zero-order valence-electron chi connectivity index (χ0n) is 13.4. The number of cyclic esters (lactones) is 1. The highest BCUT2D eigenvalue weighted by Gasteiger charge is 2.31. The van der Waals surface area contributed by atoms with Crippen LogP contribution in [0.3, 0.4) is 0 Å². The van der Waals surface area contributed by atoms with Crippen LogP contribution in [-0.4, -0.2) is 28.2 Å². The lowest BCUT2D eigenvalue weighted by Crippen LogP contribution is -2.37. The molecule has 0 spiro atoms. The van der Waals surface area contributed by atoms with E-state index in [-0.39, 0.29) is 5.91 Å². The van der Waals surface area contributed by atoms with Crippen molar-refractivity contribution < 1.29 is 14.3 Å². The van der Waals surface area contributed by atoms with Crippen molar-refractivity contribution >= 4 is 28.3 Å². The van der Waals surface area contributed by atoms with E-state index in [9.17, 15) is 9.59 Å². The van der Waals surface area contributed by atoms with Gasteiger partial charge in [-0.25, -0.2) is 4.79 Å². The van der Waals surface area contributed by atoms with E-state index in [0.29, 0.717) is 17.1 Å². The number of amides is 1. The van der Waals surface area contributed by atoms with Crippen LogP contribution in [0.15, 0.2) is 24.3 Å². The Bertz CT molecular complexity index is 744. The van der Waals surface area contributed by atoms with Gasteiger partial charge in [0.15, 0.2) is 6.10 Å². The molecule has 1 aromatic carbocycles. The highest BCUT2D eigenvalue weighted by atomic mass is 32.1. The first-order valence-corrected chi connectivity index (χ1v) is 8.91. The summed E-state index contributed by atoms with van der Waals surface area (Å²) < 4.78 is 5.24. The summed E-state index contributed by atoms with van der Waals surface area (Å²) in [6.45, 7) is 2.15. The standard InChI is InChI=1S/C17H19N3O3S/c1-2-3-4-9-14-19-20-17(24-14)18-15(21)13-10-11-7-5-6-8-12(11)16(22)23-13/h5-8,13H,2-4,9-10H2,1H3,(H,18,20,21). The highest BCUT2D eigenvalue weighted by molar-refractivity contribution is 7.15. The summed E-state index contributed by atoms with van der Waals surface area (Å²) in [4.78, 5) is 24.3. The third-order valence-corrected chi connectivity index (χ3v) is 4.77. The monoisotopic (exact) mass is 345 g/mol. The number of esters is 1. The molecule has 1 atom stereocenters. The maximum absolute atomic E-state index is 12.3. The number of ether oxygens (including phenoxy) is 1. The van der Waals surface area contributed by atoms with E-state index in [1.54, 1.807) is 12.1 Å². The highest BCUT2D eigenvalue weighted by Crippen LogP contribution is 2.23. The second kappa shape index (κ2) is 7.53. The lowest BCUT2D eigenvalue weighted by atomic mass is 9.98. The molecule has 1 unspecified atom stereocenters. The van der Waals surface area contributed by atoms with Crippen molar-refractivity contribution in [3.8, 4) is 0 Å². The van der Waals surface area contributed by atoms with Gasteiger partial charge >= 0.3 is 5.97 Å². The predicted octanol–water partition coefficient (Wildman–Crippen LogP) is 2.99. The molecule has 126 valence electrons. The molecule has 24 heavy (non-hydrogen) atoms. The lowest BCUT2D eigenvalue weighted by Gasteiger charge is -2.23. The molecule has 2 aromatic rings. The number of aromatic nitrogens is 2. The molecule has 6 nitrogen and oxygen atoms in total. The van der Waals surface area contributed by atoms with E-state index < -0.39 is 12.1 Å². The van der Waals surface area contributed by atoms with Crippen LogP contribution in [0.4, 0.5) is 5.13 Å². The summed E-state index contributed by atoms with van der Waals surface area (Å²) in [7, 11) is 0. The van der Waals surface area contributed by atoms with Crippen LogP contribution in [0.2, 0.25) is 0 Å². The van der Waals surface area contributed by atoms with Gasteiger partial charge in [-0.05, 0) is 18.1 Å². The third-order valence-electron chi connectivity index (χ3n) is 3.88. The number of anilines is 1. The smallest absolute Gasteiger partial charge is 0.339 e. The molecule has 0 radical (unpaired) electrons. The van der Waals surface area contributed by atoms with Crippen molar-refractivity contribution in [2.45, 2.75) is 45.1 Å². The van der Waals surface area contributed by atoms with Crippen molar-refractivity contribution in [3.63, 3.8) is 0 Å². The number of fused-ring (bicyclic) bond motifs is 1. The van der Waals surface area contributed by atoms with Gasteiger partial charge in [-0.2, -0.15) is 0 Å². The molecule has 1 amide bonds. The summed E-state index contributed by atoms with van der Waals surface area (Å²) in [6, 6.07) is 7.17. The quantitative estimate of drug-likeness (QED) is 0.643. The first-order valence-electron chi connectivity index (χ1n) is 8.09. The normalized spacial score (nSPS) is 16.4. The Labute approximate surface area is 144 Å². The van der Waals surface area contributed by atoms with Crippen molar-refractivity contribution in [2.75, 3.05) is 5.32 Å². The molecule has 1 aromatic heterocycles. The molecule has 2 heterocycles. The Balaban J connectivity index is 1.61. The molecule has 0 fully saturated rings. The number of hydrogen-bond acceptors (Lipinski definition) is 6. The van der Waals surface area contributed by atoms with Crippen molar-refractivity contribution in [2.24, 2.45) is 0 Å². The largest absolute Gasteiger partial charge is 0.448 e. The van der Waals surface area contributed by atoms with Crippen LogP contribution in [-0.2, 0) is 22.4 Å². The Hall–Kier alpha value is -2.28. The number of nitrogens with one attached hydrogen (secondary N) is 1. The molecule has 1 aliphatic heterocycles. The maximum atomic E-state index is 12.3. The topological polar surface area (TPSA) is 81.2 Å². The van der Waals surface area contributed by atoms with Crippen LogP contribution >= 0.6 is 11.3 Å². The van der Waals surface area contributed by atoms with Crippen LogP contribution in [0.1, 0.15) is 47.1 Å². The zero-order chi connectivity index (χ0) is 16.9. The minimum Gasteiger partial charge on any atom is -0.448 e. The number of benzene rings is 1. The first-order chi connectivity index (χ1) is 11.7. The average Bonchev–Trinajstić information content (AvgIpc) is 3.02. The third kappa shape index (κ3) is 3.79. The van der Waals surface area contributed by atoms with Crippen molar-refractivity contribution in [1.82, 2.24) is 10.2 Å². The molecule has 3 rings (SSSR count). The number of nitrogens with zero attached hydrogens (tertiary/aromatic N) is 2. The van der Waals surface area contributed by atoms with E-state index in [2.05, 4.69) is 22.4 Å². The van der Waals surface area contributed by atoms with Gasteiger partial charge < -0.3 is 4.74 Å². The second-order valence-corrected chi connectivity index (χ2v) is 6.76. The number of hydrogen-bond donors (Lipinski definition) is 1. The SMILES string of the molecule is CCCCCc1nnc(NC(=O)C2Cc3ccccc3C(=O)O2)s1. The van der Waals surface area contributed by atoms with Gasteiger partial charge in [0.2, 0.25) is 5.13 Å². The number of carbonyl (C=O) groups is 2. The molecular weight excluding hydrogens is 326 g/mol. The molecule has 0 aliphatic carbocycles. The molecular formula is C17H19N3O3S. The van der Waals surface area contributed by atoms with Crippen LogP contribution in [0.5, 0.6) is 0 Å². The van der Waals surface area contributed by atoms with E-state index in [1.807, 2.05) is 12.1 Å². The van der Waals surface area contributed by atoms with Crippen LogP contribution < -0.4 is 5.32 Å². The summed E-state index contributed by atoms with van der Waals surface area (Å²) in [5, 5.41) is 12.1. The fourth-order valence-electron chi connectivity index (χ4n) is 2.60. The Kier molecular flexibility index (Phi) is 5.20. The van der Waals surface area contributed by atoms with Gasteiger partial charge in [-0.1, -0.05) is 49.3 Å². The van der Waals surface area contributed by atoms with Crippen molar-refractivity contribution in [1.29, 1.82) is 0 Å². The fraction of sp³-hybridized carbons (Fsp3) is 0.412.